The van der Waals surface area contributed by atoms with E-state index in [0.717, 1.165) is 0 Å². The number of anilines is 1. The number of ether oxygens (including phenoxy) is 4. The molecule has 1 heterocycles. The van der Waals surface area contributed by atoms with E-state index >= 15 is 0 Å². The van der Waals surface area contributed by atoms with Gasteiger partial charge in [-0.1, -0.05) is 0 Å². The average molecular weight is 486 g/mol. The summed E-state index contributed by atoms with van der Waals surface area (Å²) in [6, 6.07) is 10.1. The summed E-state index contributed by atoms with van der Waals surface area (Å²) in [6.45, 7) is 6.82. The fraction of sp³-hybridized carbons (Fsp3) is 0.400. The Morgan fingerprint density at radius 2 is 1.54 bits per heavy atom. The third-order valence-corrected chi connectivity index (χ3v) is 5.35. The zero-order valence-electron chi connectivity index (χ0n) is 20.4. The number of hydrazine groups is 1. The first-order valence-electron chi connectivity index (χ1n) is 11.5. The van der Waals surface area contributed by atoms with Crippen LogP contribution >= 0.6 is 0 Å². The van der Waals surface area contributed by atoms with Gasteiger partial charge < -0.3 is 23.8 Å². The van der Waals surface area contributed by atoms with Crippen LogP contribution in [-0.2, 0) is 9.59 Å². The second-order valence-corrected chi connectivity index (χ2v) is 7.65. The van der Waals surface area contributed by atoms with E-state index in [0.29, 0.717) is 48.5 Å². The minimum atomic E-state index is -0.608. The molecule has 3 rings (SSSR count). The third-order valence-electron chi connectivity index (χ3n) is 5.35. The Kier molecular flexibility index (Phi) is 8.77. The van der Waals surface area contributed by atoms with Gasteiger partial charge in [-0.2, -0.15) is 0 Å². The van der Waals surface area contributed by atoms with Gasteiger partial charge in [-0.25, -0.2) is 0 Å². The van der Waals surface area contributed by atoms with Crippen molar-refractivity contribution in [2.24, 2.45) is 5.92 Å². The van der Waals surface area contributed by atoms with E-state index in [9.17, 15) is 14.4 Å². The molecule has 2 aromatic carbocycles. The molecule has 10 nitrogen and oxygen atoms in total. The quantitative estimate of drug-likeness (QED) is 0.497. The first-order chi connectivity index (χ1) is 16.9. The van der Waals surface area contributed by atoms with E-state index in [1.807, 2.05) is 20.8 Å². The lowest BCUT2D eigenvalue weighted by Crippen LogP contribution is -2.45. The Bertz CT molecular complexity index is 1030. The number of hydrogen-bond acceptors (Lipinski definition) is 7. The number of nitrogens with one attached hydrogen (secondary N) is 2. The summed E-state index contributed by atoms with van der Waals surface area (Å²) in [4.78, 5) is 39.5. The maximum Gasteiger partial charge on any atom is 0.269 e. The lowest BCUT2D eigenvalue weighted by Gasteiger charge is -2.18. The number of carbonyl (C=O) groups excluding carboxylic acids is 3. The molecule has 1 atom stereocenters. The molecular formula is C25H31N3O7. The Balaban J connectivity index is 1.66. The van der Waals surface area contributed by atoms with E-state index in [4.69, 9.17) is 18.9 Å². The zero-order valence-corrected chi connectivity index (χ0v) is 20.4. The number of nitrogens with zero attached hydrogens (tertiary/aromatic N) is 1. The molecule has 1 saturated heterocycles. The third kappa shape index (κ3) is 6.14. The molecule has 188 valence electrons. The molecule has 0 spiro atoms. The normalized spacial score (nSPS) is 14.9. The fourth-order valence-corrected chi connectivity index (χ4v) is 3.71. The highest BCUT2D eigenvalue weighted by Gasteiger charge is 2.35. The van der Waals surface area contributed by atoms with Crippen molar-refractivity contribution in [3.63, 3.8) is 0 Å². The summed E-state index contributed by atoms with van der Waals surface area (Å²) in [5.41, 5.74) is 5.74. The van der Waals surface area contributed by atoms with Gasteiger partial charge in [-0.05, 0) is 57.2 Å². The standard InChI is InChI=1S/C25H31N3O7/c1-5-33-20-12-16(13-21(34-6-2)23(20)35-7-3)24(30)26-27-25(31)17-14-22(29)28(15-17)18-8-10-19(32-4)11-9-18/h8-13,17H,5-7,14-15H2,1-4H3,(H,26,30)(H,27,31). The predicted octanol–water partition coefficient (Wildman–Crippen LogP) is 2.71. The van der Waals surface area contributed by atoms with Gasteiger partial charge in [0.15, 0.2) is 11.5 Å². The Labute approximate surface area is 204 Å². The van der Waals surface area contributed by atoms with E-state index in [2.05, 4.69) is 10.9 Å². The van der Waals surface area contributed by atoms with Crippen LogP contribution in [0.2, 0.25) is 0 Å². The van der Waals surface area contributed by atoms with Crippen LogP contribution in [0.3, 0.4) is 0 Å². The SMILES string of the molecule is CCOc1cc(C(=O)NNC(=O)C2CC(=O)N(c3ccc(OC)cc3)C2)cc(OCC)c1OCC. The largest absolute Gasteiger partial charge is 0.497 e. The lowest BCUT2D eigenvalue weighted by molar-refractivity contribution is -0.126. The fourth-order valence-electron chi connectivity index (χ4n) is 3.71. The van der Waals surface area contributed by atoms with Crippen LogP contribution in [0, 0.1) is 5.92 Å². The van der Waals surface area contributed by atoms with Crippen molar-refractivity contribution in [2.45, 2.75) is 27.2 Å². The molecule has 0 bridgehead atoms. The molecule has 2 aromatic rings. The van der Waals surface area contributed by atoms with Crippen molar-refractivity contribution >= 4 is 23.4 Å². The number of benzene rings is 2. The summed E-state index contributed by atoms with van der Waals surface area (Å²) >= 11 is 0. The highest BCUT2D eigenvalue weighted by Crippen LogP contribution is 2.39. The molecule has 2 N–H and O–H groups in total. The molecular weight excluding hydrogens is 454 g/mol. The Hall–Kier alpha value is -3.95. The van der Waals surface area contributed by atoms with Crippen molar-refractivity contribution in [1.29, 1.82) is 0 Å². The van der Waals surface area contributed by atoms with Crippen LogP contribution in [0.4, 0.5) is 5.69 Å². The van der Waals surface area contributed by atoms with Crippen molar-refractivity contribution in [2.75, 3.05) is 38.4 Å². The summed E-state index contributed by atoms with van der Waals surface area (Å²) in [5.74, 6) is 0.0376. The molecule has 1 fully saturated rings. The Morgan fingerprint density at radius 1 is 0.943 bits per heavy atom. The highest BCUT2D eigenvalue weighted by atomic mass is 16.5. The molecule has 0 aliphatic carbocycles. The molecule has 1 aliphatic rings. The maximum absolute atomic E-state index is 12.8. The first-order valence-corrected chi connectivity index (χ1v) is 11.5. The van der Waals surface area contributed by atoms with Gasteiger partial charge in [0.2, 0.25) is 17.6 Å². The van der Waals surface area contributed by atoms with Gasteiger partial charge in [0.25, 0.3) is 5.91 Å². The molecule has 0 radical (unpaired) electrons. The summed E-state index contributed by atoms with van der Waals surface area (Å²) in [7, 11) is 1.56. The predicted molar refractivity (Wildman–Crippen MR) is 129 cm³/mol. The summed E-state index contributed by atoms with van der Waals surface area (Å²) in [6.07, 6.45) is 0.0414. The number of methoxy groups -OCH3 is 1. The summed E-state index contributed by atoms with van der Waals surface area (Å²) < 4.78 is 22.0. The van der Waals surface area contributed by atoms with Crippen LogP contribution in [-0.4, -0.2) is 51.2 Å². The topological polar surface area (TPSA) is 115 Å². The lowest BCUT2D eigenvalue weighted by atomic mass is 10.1. The zero-order chi connectivity index (χ0) is 25.4. The summed E-state index contributed by atoms with van der Waals surface area (Å²) in [5, 5.41) is 0. The monoisotopic (exact) mass is 485 g/mol. The minimum absolute atomic E-state index is 0.0414. The smallest absolute Gasteiger partial charge is 0.269 e. The average Bonchev–Trinajstić information content (AvgIpc) is 3.26. The van der Waals surface area contributed by atoms with E-state index < -0.39 is 17.7 Å². The molecule has 0 saturated carbocycles. The highest BCUT2D eigenvalue weighted by molar-refractivity contribution is 6.01. The molecule has 0 aromatic heterocycles. The van der Waals surface area contributed by atoms with E-state index in [-0.39, 0.29) is 24.4 Å². The molecule has 1 unspecified atom stereocenters. The first kappa shape index (κ1) is 25.7. The van der Waals surface area contributed by atoms with Gasteiger partial charge in [0, 0.05) is 24.2 Å². The van der Waals surface area contributed by atoms with Crippen molar-refractivity contribution in [3.8, 4) is 23.0 Å². The van der Waals surface area contributed by atoms with Gasteiger partial charge >= 0.3 is 0 Å². The number of carbonyl (C=O) groups is 3. The van der Waals surface area contributed by atoms with Crippen LogP contribution < -0.4 is 34.7 Å². The van der Waals surface area contributed by atoms with Crippen LogP contribution in [0.15, 0.2) is 36.4 Å². The van der Waals surface area contributed by atoms with Crippen molar-refractivity contribution < 1.29 is 33.3 Å². The molecule has 35 heavy (non-hydrogen) atoms. The van der Waals surface area contributed by atoms with Crippen LogP contribution in [0.25, 0.3) is 0 Å². The Morgan fingerprint density at radius 3 is 2.09 bits per heavy atom. The number of rotatable bonds is 10. The van der Waals surface area contributed by atoms with Crippen molar-refractivity contribution in [1.82, 2.24) is 10.9 Å². The molecule has 10 heteroatoms. The van der Waals surface area contributed by atoms with Gasteiger partial charge in [0.1, 0.15) is 5.75 Å². The molecule has 3 amide bonds. The van der Waals surface area contributed by atoms with Gasteiger partial charge in [-0.15, -0.1) is 0 Å². The number of amides is 3. The van der Waals surface area contributed by atoms with Crippen LogP contribution in [0.5, 0.6) is 23.0 Å². The number of hydrogen-bond donors (Lipinski definition) is 2. The van der Waals surface area contributed by atoms with Gasteiger partial charge in [0.05, 0.1) is 32.8 Å². The second kappa shape index (κ2) is 12.0. The molecule has 1 aliphatic heterocycles. The minimum Gasteiger partial charge on any atom is -0.497 e. The maximum atomic E-state index is 12.8. The van der Waals surface area contributed by atoms with E-state index in [1.54, 1.807) is 36.3 Å². The van der Waals surface area contributed by atoms with E-state index in [1.165, 1.54) is 12.1 Å². The second-order valence-electron chi connectivity index (χ2n) is 7.65. The van der Waals surface area contributed by atoms with Crippen molar-refractivity contribution in [3.05, 3.63) is 42.0 Å². The van der Waals surface area contributed by atoms with Crippen LogP contribution in [0.1, 0.15) is 37.6 Å². The van der Waals surface area contributed by atoms with Gasteiger partial charge in [-0.3, -0.25) is 25.2 Å².